The lowest BCUT2D eigenvalue weighted by Gasteiger charge is -2.14. The molecule has 1 amide bonds. The van der Waals surface area contributed by atoms with Crippen LogP contribution in [-0.2, 0) is 4.74 Å². The summed E-state index contributed by atoms with van der Waals surface area (Å²) in [7, 11) is 0. The molecule has 2 aromatic rings. The normalized spacial score (nSPS) is 26.2. The molecular formula is C10H11N7O8. The van der Waals surface area contributed by atoms with Gasteiger partial charge in [0, 0.05) is 0 Å². The van der Waals surface area contributed by atoms with Crippen LogP contribution in [0.3, 0.4) is 0 Å². The van der Waals surface area contributed by atoms with Crippen molar-refractivity contribution in [3.63, 3.8) is 0 Å². The Labute approximate surface area is 136 Å². The van der Waals surface area contributed by atoms with Crippen molar-refractivity contribution < 1.29 is 29.8 Å². The van der Waals surface area contributed by atoms with Crippen molar-refractivity contribution in [1.82, 2.24) is 24.8 Å². The lowest BCUT2D eigenvalue weighted by atomic mass is 10.1. The first-order valence-corrected chi connectivity index (χ1v) is 6.72. The molecule has 0 aliphatic carbocycles. The van der Waals surface area contributed by atoms with Crippen molar-refractivity contribution in [2.75, 3.05) is 6.61 Å². The largest absolute Gasteiger partial charge is 0.419 e. The Morgan fingerprint density at radius 3 is 2.60 bits per heavy atom. The fourth-order valence-electron chi connectivity index (χ4n) is 2.46. The van der Waals surface area contributed by atoms with Crippen molar-refractivity contribution in [3.05, 3.63) is 20.5 Å². The first kappa shape index (κ1) is 16.8. The highest BCUT2D eigenvalue weighted by Gasteiger charge is 2.45. The Morgan fingerprint density at radius 1 is 1.40 bits per heavy atom. The summed E-state index contributed by atoms with van der Waals surface area (Å²) in [6.07, 6.45) is -5.91. The van der Waals surface area contributed by atoms with Crippen molar-refractivity contribution in [3.8, 4) is 0 Å². The summed E-state index contributed by atoms with van der Waals surface area (Å²) in [5.74, 6) is -0.910. The smallest absolute Gasteiger partial charge is 0.394 e. The van der Waals surface area contributed by atoms with Crippen molar-refractivity contribution in [2.24, 2.45) is 5.73 Å². The number of nitro groups is 1. The van der Waals surface area contributed by atoms with E-state index in [4.69, 9.17) is 15.6 Å². The standard InChI is InChI=1S/C10H11N7O8/c11-10(22)15-4-3(7(13-15)17(23)24)12-14-16(8(4)21)9-6(20)5(19)2(1-18)25-9/h2,5-6,9,18-20H,1H2,(H2,11,22). The number of aliphatic hydroxyl groups excluding tert-OH is 3. The van der Waals surface area contributed by atoms with Crippen LogP contribution >= 0.6 is 0 Å². The lowest BCUT2D eigenvalue weighted by Crippen LogP contribution is -2.37. The monoisotopic (exact) mass is 357 g/mol. The number of nitrogens with zero attached hydrogens (tertiary/aromatic N) is 6. The topological polar surface area (TPSA) is 222 Å². The van der Waals surface area contributed by atoms with E-state index in [2.05, 4.69) is 15.4 Å². The van der Waals surface area contributed by atoms with Crippen LogP contribution in [0.5, 0.6) is 0 Å². The van der Waals surface area contributed by atoms with E-state index in [1.54, 1.807) is 0 Å². The van der Waals surface area contributed by atoms with Gasteiger partial charge in [0.05, 0.1) is 11.7 Å². The fourth-order valence-corrected chi connectivity index (χ4v) is 2.46. The molecule has 0 aromatic carbocycles. The molecule has 1 fully saturated rings. The molecule has 134 valence electrons. The Hall–Kier alpha value is -3.01. The Balaban J connectivity index is 2.21. The van der Waals surface area contributed by atoms with E-state index in [9.17, 15) is 29.9 Å². The molecular weight excluding hydrogens is 346 g/mol. The van der Waals surface area contributed by atoms with Crippen LogP contribution < -0.4 is 11.3 Å². The van der Waals surface area contributed by atoms with Crippen LogP contribution in [0, 0.1) is 10.1 Å². The van der Waals surface area contributed by atoms with Crippen LogP contribution in [0.2, 0.25) is 0 Å². The summed E-state index contributed by atoms with van der Waals surface area (Å²) in [6, 6.07) is -1.28. The van der Waals surface area contributed by atoms with Crippen molar-refractivity contribution in [1.29, 1.82) is 0 Å². The molecule has 1 aliphatic rings. The van der Waals surface area contributed by atoms with E-state index in [1.807, 2.05) is 0 Å². The molecule has 0 saturated carbocycles. The Kier molecular flexibility index (Phi) is 3.91. The predicted molar refractivity (Wildman–Crippen MR) is 74.2 cm³/mol. The SMILES string of the molecule is NC(=O)n1nc([N+](=O)[O-])c2nnn(C3OC(CO)C(O)C3O)c(=O)c21. The minimum Gasteiger partial charge on any atom is -0.394 e. The number of amides is 1. The zero-order valence-corrected chi connectivity index (χ0v) is 12.2. The van der Waals surface area contributed by atoms with Gasteiger partial charge in [-0.25, -0.2) is 4.79 Å². The Morgan fingerprint density at radius 2 is 2.08 bits per heavy atom. The molecule has 5 N–H and O–H groups in total. The number of primary amides is 1. The van der Waals surface area contributed by atoms with Gasteiger partial charge in [0.2, 0.25) is 5.52 Å². The first-order chi connectivity index (χ1) is 11.8. The quantitative estimate of drug-likeness (QED) is 0.310. The third-order valence-corrected chi connectivity index (χ3v) is 3.63. The number of hydrogen-bond acceptors (Lipinski definition) is 11. The molecule has 1 aliphatic heterocycles. The number of nitrogens with two attached hydrogens (primary N) is 1. The maximum Gasteiger partial charge on any atom is 0.419 e. The van der Waals surface area contributed by atoms with Gasteiger partial charge in [-0.05, 0) is 4.92 Å². The molecule has 15 heteroatoms. The van der Waals surface area contributed by atoms with Crippen molar-refractivity contribution in [2.45, 2.75) is 24.5 Å². The van der Waals surface area contributed by atoms with E-state index in [0.29, 0.717) is 4.68 Å². The molecule has 3 heterocycles. The van der Waals surface area contributed by atoms with Gasteiger partial charge in [-0.3, -0.25) is 4.79 Å². The highest BCUT2D eigenvalue weighted by atomic mass is 16.6. The maximum atomic E-state index is 12.6. The molecule has 15 nitrogen and oxygen atoms in total. The summed E-state index contributed by atoms with van der Waals surface area (Å²) in [6.45, 7) is -0.649. The molecule has 3 rings (SSSR count). The van der Waals surface area contributed by atoms with Crippen LogP contribution in [0.25, 0.3) is 11.0 Å². The lowest BCUT2D eigenvalue weighted by molar-refractivity contribution is -0.388. The summed E-state index contributed by atoms with van der Waals surface area (Å²) >= 11 is 0. The minimum atomic E-state index is -1.65. The summed E-state index contributed by atoms with van der Waals surface area (Å²) in [5.41, 5.74) is 2.69. The summed E-state index contributed by atoms with van der Waals surface area (Å²) in [4.78, 5) is 33.9. The van der Waals surface area contributed by atoms with E-state index in [-0.39, 0.29) is 4.68 Å². The maximum absolute atomic E-state index is 12.6. The average molecular weight is 357 g/mol. The molecule has 0 radical (unpaired) electrons. The second kappa shape index (κ2) is 5.81. The van der Waals surface area contributed by atoms with Gasteiger partial charge in [-0.1, -0.05) is 9.90 Å². The molecule has 4 atom stereocenters. The summed E-state index contributed by atoms with van der Waals surface area (Å²) in [5, 5.41) is 49.9. The first-order valence-electron chi connectivity index (χ1n) is 6.72. The van der Waals surface area contributed by atoms with Crippen molar-refractivity contribution >= 4 is 22.9 Å². The zero-order valence-electron chi connectivity index (χ0n) is 12.2. The number of rotatable bonds is 3. The molecule has 4 unspecified atom stereocenters. The highest BCUT2D eigenvalue weighted by Crippen LogP contribution is 2.28. The number of carbonyl (C=O) groups is 1. The third kappa shape index (κ3) is 2.41. The zero-order chi connectivity index (χ0) is 18.5. The minimum absolute atomic E-state index is 0.280. The van der Waals surface area contributed by atoms with Gasteiger partial charge in [0.1, 0.15) is 18.3 Å². The molecule has 1 saturated heterocycles. The van der Waals surface area contributed by atoms with Crippen LogP contribution in [-0.4, -0.2) is 76.0 Å². The van der Waals surface area contributed by atoms with E-state index >= 15 is 0 Å². The second-order valence-electron chi connectivity index (χ2n) is 5.10. The van der Waals surface area contributed by atoms with E-state index in [0.717, 1.165) is 0 Å². The second-order valence-corrected chi connectivity index (χ2v) is 5.10. The van der Waals surface area contributed by atoms with Crippen LogP contribution in [0.4, 0.5) is 10.6 Å². The van der Waals surface area contributed by atoms with Gasteiger partial charge in [0.25, 0.3) is 0 Å². The summed E-state index contributed by atoms with van der Waals surface area (Å²) < 4.78 is 5.89. The third-order valence-electron chi connectivity index (χ3n) is 3.63. The van der Waals surface area contributed by atoms with Gasteiger partial charge in [-0.15, -0.1) is 5.10 Å². The van der Waals surface area contributed by atoms with Gasteiger partial charge in [0.15, 0.2) is 11.7 Å². The number of aliphatic hydroxyl groups is 3. The van der Waals surface area contributed by atoms with E-state index < -0.39 is 64.5 Å². The van der Waals surface area contributed by atoms with Gasteiger partial charge in [-0.2, -0.15) is 4.68 Å². The molecule has 2 aromatic heterocycles. The Bertz CT molecular complexity index is 922. The highest BCUT2D eigenvalue weighted by molar-refractivity contribution is 5.90. The van der Waals surface area contributed by atoms with Crippen LogP contribution in [0.15, 0.2) is 4.79 Å². The fraction of sp³-hybridized carbons (Fsp3) is 0.500. The van der Waals surface area contributed by atoms with Gasteiger partial charge >= 0.3 is 17.4 Å². The van der Waals surface area contributed by atoms with E-state index in [1.165, 1.54) is 0 Å². The molecule has 0 bridgehead atoms. The predicted octanol–water partition coefficient (Wildman–Crippen LogP) is -3.57. The van der Waals surface area contributed by atoms with Gasteiger partial charge < -0.3 is 35.9 Å². The number of aromatic nitrogens is 5. The molecule has 0 spiro atoms. The number of hydrogen-bond donors (Lipinski definition) is 4. The van der Waals surface area contributed by atoms with Crippen LogP contribution in [0.1, 0.15) is 6.23 Å². The average Bonchev–Trinajstić information content (AvgIpc) is 3.08. The number of ether oxygens (including phenoxy) is 1. The number of fused-ring (bicyclic) bond motifs is 1. The number of carbonyl (C=O) groups excluding carboxylic acids is 1. The molecule has 25 heavy (non-hydrogen) atoms.